The van der Waals surface area contributed by atoms with Crippen molar-refractivity contribution < 1.29 is 9.90 Å². The first-order valence-electron chi connectivity index (χ1n) is 5.87. The van der Waals surface area contributed by atoms with Gasteiger partial charge in [-0.25, -0.2) is 0 Å². The number of fused-ring (bicyclic) bond motifs is 2. The van der Waals surface area contributed by atoms with Crippen LogP contribution < -0.4 is 5.73 Å². The van der Waals surface area contributed by atoms with Gasteiger partial charge in [0, 0.05) is 18.1 Å². The summed E-state index contributed by atoms with van der Waals surface area (Å²) >= 11 is 0. The van der Waals surface area contributed by atoms with Crippen LogP contribution in [0.3, 0.4) is 0 Å². The molecule has 15 heavy (non-hydrogen) atoms. The van der Waals surface area contributed by atoms with E-state index in [-0.39, 0.29) is 6.04 Å². The van der Waals surface area contributed by atoms with Crippen molar-refractivity contribution >= 4 is 5.97 Å². The minimum atomic E-state index is -0.882. The van der Waals surface area contributed by atoms with E-state index in [1.807, 2.05) is 6.92 Å². The van der Waals surface area contributed by atoms with Crippen molar-refractivity contribution in [3.05, 3.63) is 0 Å². The minimum Gasteiger partial charge on any atom is -0.480 e. The largest absolute Gasteiger partial charge is 0.480 e. The Hall–Kier alpha value is -0.610. The summed E-state index contributed by atoms with van der Waals surface area (Å²) in [5.41, 5.74) is 5.70. The number of carboxylic acid groups (broad SMARTS) is 1. The molecule has 0 saturated carbocycles. The molecule has 3 N–H and O–H groups in total. The summed E-state index contributed by atoms with van der Waals surface area (Å²) in [6.07, 6.45) is 6.17. The Bertz CT molecular complexity index is 241. The number of nitrogens with two attached hydrogens (primary N) is 1. The van der Waals surface area contributed by atoms with Crippen molar-refractivity contribution in [1.82, 2.24) is 4.90 Å². The first-order chi connectivity index (χ1) is 7.11. The maximum Gasteiger partial charge on any atom is 0.322 e. The van der Waals surface area contributed by atoms with Gasteiger partial charge in [0.05, 0.1) is 0 Å². The molecule has 2 bridgehead atoms. The monoisotopic (exact) mass is 212 g/mol. The third kappa shape index (κ3) is 1.88. The van der Waals surface area contributed by atoms with E-state index in [2.05, 4.69) is 4.90 Å². The maximum absolute atomic E-state index is 10.9. The lowest BCUT2D eigenvalue weighted by atomic mass is 9.98. The molecule has 0 amide bonds. The average Bonchev–Trinajstić information content (AvgIpc) is 2.46. The van der Waals surface area contributed by atoms with Crippen molar-refractivity contribution in [1.29, 1.82) is 0 Å². The quantitative estimate of drug-likeness (QED) is 0.726. The highest BCUT2D eigenvalue weighted by Crippen LogP contribution is 2.37. The molecule has 0 aromatic rings. The molecule has 0 spiro atoms. The molecule has 2 aliphatic rings. The summed E-state index contributed by atoms with van der Waals surface area (Å²) in [7, 11) is 0. The van der Waals surface area contributed by atoms with Crippen LogP contribution in [0.2, 0.25) is 0 Å². The summed E-state index contributed by atoms with van der Waals surface area (Å²) in [6, 6.07) is 0.403. The number of rotatable bonds is 3. The van der Waals surface area contributed by atoms with Gasteiger partial charge in [0.1, 0.15) is 6.04 Å². The van der Waals surface area contributed by atoms with Crippen molar-refractivity contribution in [2.45, 2.75) is 63.2 Å². The van der Waals surface area contributed by atoms with Gasteiger partial charge in [-0.2, -0.15) is 0 Å². The van der Waals surface area contributed by atoms with Crippen LogP contribution in [-0.4, -0.2) is 40.1 Å². The van der Waals surface area contributed by atoms with Crippen LogP contribution in [0.15, 0.2) is 0 Å². The van der Waals surface area contributed by atoms with Gasteiger partial charge >= 0.3 is 5.97 Å². The fourth-order valence-corrected chi connectivity index (χ4v) is 3.21. The highest BCUT2D eigenvalue weighted by atomic mass is 16.4. The van der Waals surface area contributed by atoms with Crippen LogP contribution in [0.4, 0.5) is 0 Å². The van der Waals surface area contributed by atoms with Crippen molar-refractivity contribution in [2.24, 2.45) is 5.73 Å². The van der Waals surface area contributed by atoms with Crippen LogP contribution in [0.25, 0.3) is 0 Å². The second-order valence-corrected chi connectivity index (χ2v) is 4.87. The van der Waals surface area contributed by atoms with Crippen LogP contribution >= 0.6 is 0 Å². The number of hydrogen-bond acceptors (Lipinski definition) is 3. The molecule has 4 unspecified atom stereocenters. The van der Waals surface area contributed by atoms with Gasteiger partial charge < -0.3 is 10.8 Å². The predicted molar refractivity (Wildman–Crippen MR) is 57.6 cm³/mol. The Balaban J connectivity index is 2.07. The lowest BCUT2D eigenvalue weighted by Crippen LogP contribution is -2.55. The minimum absolute atomic E-state index is 0.0275. The third-order valence-corrected chi connectivity index (χ3v) is 4.03. The molecule has 0 aliphatic carbocycles. The smallest absolute Gasteiger partial charge is 0.322 e. The van der Waals surface area contributed by atoms with Crippen LogP contribution in [-0.2, 0) is 4.79 Å². The average molecular weight is 212 g/mol. The first-order valence-corrected chi connectivity index (χ1v) is 5.87. The van der Waals surface area contributed by atoms with Crippen LogP contribution in [0, 0.1) is 0 Å². The number of nitrogens with zero attached hydrogens (tertiary/aromatic N) is 1. The van der Waals surface area contributed by atoms with Gasteiger partial charge in [0.2, 0.25) is 0 Å². The fraction of sp³-hybridized carbons (Fsp3) is 0.909. The summed E-state index contributed by atoms with van der Waals surface area (Å²) in [6.45, 7) is 1.95. The molecule has 2 rings (SSSR count). The van der Waals surface area contributed by atoms with Crippen molar-refractivity contribution in [3.8, 4) is 0 Å². The molecular weight excluding hydrogens is 192 g/mol. The molecule has 4 atom stereocenters. The zero-order chi connectivity index (χ0) is 11.0. The number of carboxylic acids is 1. The Morgan fingerprint density at radius 3 is 2.33 bits per heavy atom. The van der Waals surface area contributed by atoms with Gasteiger partial charge in [-0.1, -0.05) is 6.42 Å². The van der Waals surface area contributed by atoms with E-state index in [0.29, 0.717) is 12.1 Å². The van der Waals surface area contributed by atoms with Crippen LogP contribution in [0.5, 0.6) is 0 Å². The lowest BCUT2D eigenvalue weighted by molar-refractivity contribution is -0.140. The van der Waals surface area contributed by atoms with E-state index >= 15 is 0 Å². The summed E-state index contributed by atoms with van der Waals surface area (Å²) in [5, 5.41) is 8.92. The lowest BCUT2D eigenvalue weighted by Gasteiger charge is -2.40. The highest BCUT2D eigenvalue weighted by Gasteiger charge is 2.41. The third-order valence-electron chi connectivity index (χ3n) is 4.03. The highest BCUT2D eigenvalue weighted by molar-refractivity contribution is 5.74. The summed E-state index contributed by atoms with van der Waals surface area (Å²) in [5.74, 6) is -0.882. The molecular formula is C11H20N2O2. The normalized spacial score (nSPS) is 35.1. The molecule has 2 saturated heterocycles. The number of hydrogen-bond donors (Lipinski definition) is 2. The van der Waals surface area contributed by atoms with Crippen LogP contribution in [0.1, 0.15) is 39.0 Å². The predicted octanol–water partition coefficient (Wildman–Crippen LogP) is 0.804. The second-order valence-electron chi connectivity index (χ2n) is 4.87. The molecule has 2 fully saturated rings. The number of carbonyl (C=O) groups is 1. The molecule has 2 heterocycles. The molecule has 0 aromatic carbocycles. The number of piperidine rings is 1. The second kappa shape index (κ2) is 4.10. The van der Waals surface area contributed by atoms with Gasteiger partial charge in [-0.15, -0.1) is 0 Å². The van der Waals surface area contributed by atoms with Crippen molar-refractivity contribution in [3.63, 3.8) is 0 Å². The summed E-state index contributed by atoms with van der Waals surface area (Å²) < 4.78 is 0. The zero-order valence-corrected chi connectivity index (χ0v) is 9.22. The van der Waals surface area contributed by atoms with Gasteiger partial charge in [-0.05, 0) is 32.6 Å². The Labute approximate surface area is 90.4 Å². The van der Waals surface area contributed by atoms with Crippen molar-refractivity contribution in [2.75, 3.05) is 0 Å². The number of aliphatic carboxylic acids is 1. The summed E-state index contributed by atoms with van der Waals surface area (Å²) in [4.78, 5) is 13.2. The van der Waals surface area contributed by atoms with E-state index in [4.69, 9.17) is 10.8 Å². The van der Waals surface area contributed by atoms with Gasteiger partial charge in [0.15, 0.2) is 0 Å². The van der Waals surface area contributed by atoms with Gasteiger partial charge in [-0.3, -0.25) is 9.69 Å². The molecule has 86 valence electrons. The zero-order valence-electron chi connectivity index (χ0n) is 9.22. The van der Waals surface area contributed by atoms with E-state index in [1.165, 1.54) is 32.1 Å². The Morgan fingerprint density at radius 2 is 1.87 bits per heavy atom. The fourth-order valence-electron chi connectivity index (χ4n) is 3.21. The topological polar surface area (TPSA) is 66.6 Å². The van der Waals surface area contributed by atoms with E-state index in [1.54, 1.807) is 0 Å². The molecule has 2 aliphatic heterocycles. The first kappa shape index (κ1) is 10.9. The molecule has 0 aromatic heterocycles. The molecule has 0 radical (unpaired) electrons. The van der Waals surface area contributed by atoms with Gasteiger partial charge in [0.25, 0.3) is 0 Å². The SMILES string of the molecule is CC(C(N)C(=O)O)N1C2CCCC1CC2. The molecule has 4 heteroatoms. The maximum atomic E-state index is 10.9. The Morgan fingerprint density at radius 1 is 1.33 bits per heavy atom. The molecule has 4 nitrogen and oxygen atoms in total. The van der Waals surface area contributed by atoms with E-state index < -0.39 is 12.0 Å². The standard InChI is InChI=1S/C11H20N2O2/c1-7(10(12)11(14)15)13-8-3-2-4-9(13)6-5-8/h7-10H,2-6,12H2,1H3,(H,14,15). The Kier molecular flexibility index (Phi) is 2.98. The van der Waals surface area contributed by atoms with E-state index in [9.17, 15) is 4.79 Å². The van der Waals surface area contributed by atoms with E-state index in [0.717, 1.165) is 0 Å².